The molecule has 0 bridgehead atoms. The minimum Gasteiger partial charge on any atom is -0.481 e. The van der Waals surface area contributed by atoms with Crippen LogP contribution >= 0.6 is 0 Å². The Hall–Kier alpha value is -1.63. The van der Waals surface area contributed by atoms with E-state index in [4.69, 9.17) is 5.11 Å². The van der Waals surface area contributed by atoms with Crippen molar-refractivity contribution in [2.45, 2.75) is 33.6 Å². The van der Waals surface area contributed by atoms with Crippen molar-refractivity contribution in [1.29, 1.82) is 0 Å². The molecule has 0 rings (SSSR count). The van der Waals surface area contributed by atoms with Crippen LogP contribution in [-0.4, -0.2) is 54.1 Å². The van der Waals surface area contributed by atoms with E-state index in [0.717, 1.165) is 19.6 Å². The Morgan fingerprint density at radius 2 is 1.75 bits per heavy atom. The fourth-order valence-electron chi connectivity index (χ4n) is 1.78. The average molecular weight is 287 g/mol. The quantitative estimate of drug-likeness (QED) is 0.578. The van der Waals surface area contributed by atoms with Crippen LogP contribution in [0.5, 0.6) is 0 Å². The van der Waals surface area contributed by atoms with Gasteiger partial charge in [-0.25, -0.2) is 4.79 Å². The summed E-state index contributed by atoms with van der Waals surface area (Å²) in [5.41, 5.74) is 0. The molecule has 0 aliphatic rings. The lowest BCUT2D eigenvalue weighted by Crippen LogP contribution is -2.43. The molecule has 0 aromatic heterocycles. The Bertz CT molecular complexity index is 330. The standard InChI is InChI=1S/C13H25N3O4/c1-4-16(5-2)7-6-14-13(20)15-11(17)8-10(3)9-12(18)19/h10H,4-9H2,1-3H3,(H,18,19)(H2,14,15,17,20). The minimum absolute atomic E-state index is 0.0236. The molecule has 116 valence electrons. The highest BCUT2D eigenvalue weighted by Gasteiger charge is 2.14. The van der Waals surface area contributed by atoms with Crippen LogP contribution in [0.15, 0.2) is 0 Å². The number of nitrogens with one attached hydrogen (secondary N) is 2. The second kappa shape index (κ2) is 10.2. The summed E-state index contributed by atoms with van der Waals surface area (Å²) < 4.78 is 0. The summed E-state index contributed by atoms with van der Waals surface area (Å²) >= 11 is 0. The number of carbonyl (C=O) groups excluding carboxylic acids is 2. The molecule has 3 N–H and O–H groups in total. The molecule has 0 aromatic carbocycles. The predicted molar refractivity (Wildman–Crippen MR) is 75.4 cm³/mol. The molecule has 1 atom stereocenters. The molecule has 7 heteroatoms. The van der Waals surface area contributed by atoms with Crippen molar-refractivity contribution in [1.82, 2.24) is 15.5 Å². The van der Waals surface area contributed by atoms with Crippen LogP contribution in [-0.2, 0) is 9.59 Å². The predicted octanol–water partition coefficient (Wildman–Crippen LogP) is 0.655. The lowest BCUT2D eigenvalue weighted by Gasteiger charge is -2.18. The molecule has 20 heavy (non-hydrogen) atoms. The Morgan fingerprint density at radius 3 is 2.25 bits per heavy atom. The zero-order chi connectivity index (χ0) is 15.5. The molecular weight excluding hydrogens is 262 g/mol. The van der Waals surface area contributed by atoms with Crippen molar-refractivity contribution in [3.05, 3.63) is 0 Å². The highest BCUT2D eigenvalue weighted by Crippen LogP contribution is 2.06. The third kappa shape index (κ3) is 9.32. The van der Waals surface area contributed by atoms with Crippen molar-refractivity contribution in [2.75, 3.05) is 26.2 Å². The highest BCUT2D eigenvalue weighted by molar-refractivity contribution is 5.94. The monoisotopic (exact) mass is 287 g/mol. The summed E-state index contributed by atoms with van der Waals surface area (Å²) in [6, 6.07) is -0.537. The van der Waals surface area contributed by atoms with E-state index in [1.807, 2.05) is 13.8 Å². The maximum Gasteiger partial charge on any atom is 0.321 e. The first kappa shape index (κ1) is 18.4. The Morgan fingerprint density at radius 1 is 1.15 bits per heavy atom. The van der Waals surface area contributed by atoms with Crippen molar-refractivity contribution in [2.24, 2.45) is 5.92 Å². The fourth-order valence-corrected chi connectivity index (χ4v) is 1.78. The summed E-state index contributed by atoms with van der Waals surface area (Å²) in [5.74, 6) is -1.70. The first-order valence-corrected chi connectivity index (χ1v) is 6.90. The number of urea groups is 1. The second-order valence-corrected chi connectivity index (χ2v) is 4.74. The molecule has 3 amide bonds. The van der Waals surface area contributed by atoms with Gasteiger partial charge in [-0.3, -0.25) is 14.9 Å². The number of carboxylic acid groups (broad SMARTS) is 1. The van der Waals surface area contributed by atoms with Crippen LogP contribution in [0.1, 0.15) is 33.6 Å². The van der Waals surface area contributed by atoms with Crippen molar-refractivity contribution in [3.63, 3.8) is 0 Å². The van der Waals surface area contributed by atoms with Gasteiger partial charge in [-0.15, -0.1) is 0 Å². The van der Waals surface area contributed by atoms with Crippen LogP contribution in [0.25, 0.3) is 0 Å². The van der Waals surface area contributed by atoms with Gasteiger partial charge in [-0.1, -0.05) is 20.8 Å². The Labute approximate surface area is 119 Å². The number of likely N-dealkylation sites (N-methyl/N-ethyl adjacent to an activating group) is 1. The van der Waals surface area contributed by atoms with Crippen molar-refractivity contribution >= 4 is 17.9 Å². The van der Waals surface area contributed by atoms with Gasteiger partial charge in [0.25, 0.3) is 0 Å². The lowest BCUT2D eigenvalue weighted by molar-refractivity contribution is -0.138. The molecule has 0 saturated carbocycles. The second-order valence-electron chi connectivity index (χ2n) is 4.74. The van der Waals surface area contributed by atoms with E-state index in [2.05, 4.69) is 15.5 Å². The zero-order valence-electron chi connectivity index (χ0n) is 12.4. The molecule has 7 nitrogen and oxygen atoms in total. The number of aliphatic carboxylic acids is 1. The van der Waals surface area contributed by atoms with Gasteiger partial charge in [0.1, 0.15) is 0 Å². The number of hydrogen-bond donors (Lipinski definition) is 3. The number of carbonyl (C=O) groups is 3. The minimum atomic E-state index is -0.950. The van der Waals surface area contributed by atoms with Crippen LogP contribution in [0.4, 0.5) is 4.79 Å². The Balaban J connectivity index is 3.85. The van der Waals surface area contributed by atoms with E-state index >= 15 is 0 Å². The molecular formula is C13H25N3O4. The molecule has 0 heterocycles. The van der Waals surface area contributed by atoms with E-state index < -0.39 is 17.9 Å². The topological polar surface area (TPSA) is 98.7 Å². The van der Waals surface area contributed by atoms with E-state index in [0.29, 0.717) is 6.54 Å². The molecule has 0 aliphatic heterocycles. The van der Waals surface area contributed by atoms with Gasteiger partial charge < -0.3 is 15.3 Å². The number of nitrogens with zero attached hydrogens (tertiary/aromatic N) is 1. The van der Waals surface area contributed by atoms with Crippen LogP contribution in [0, 0.1) is 5.92 Å². The Kier molecular flexibility index (Phi) is 9.36. The third-order valence-corrected chi connectivity index (χ3v) is 2.92. The summed E-state index contributed by atoms with van der Waals surface area (Å²) in [6.45, 7) is 8.74. The molecule has 1 unspecified atom stereocenters. The largest absolute Gasteiger partial charge is 0.481 e. The first-order valence-electron chi connectivity index (χ1n) is 6.90. The summed E-state index contributed by atoms with van der Waals surface area (Å²) in [4.78, 5) is 35.5. The van der Waals surface area contributed by atoms with E-state index in [1.54, 1.807) is 6.92 Å². The number of amides is 3. The zero-order valence-corrected chi connectivity index (χ0v) is 12.4. The average Bonchev–Trinajstić information content (AvgIpc) is 2.33. The van der Waals surface area contributed by atoms with Gasteiger partial charge in [0.15, 0.2) is 0 Å². The van der Waals surface area contributed by atoms with Crippen molar-refractivity contribution in [3.8, 4) is 0 Å². The molecule has 0 aromatic rings. The third-order valence-electron chi connectivity index (χ3n) is 2.92. The number of rotatable bonds is 9. The SMILES string of the molecule is CCN(CC)CCNC(=O)NC(=O)CC(C)CC(=O)O. The molecule has 0 fully saturated rings. The van der Waals surface area contributed by atoms with Gasteiger partial charge in [0.05, 0.1) is 0 Å². The van der Waals surface area contributed by atoms with E-state index in [1.165, 1.54) is 0 Å². The van der Waals surface area contributed by atoms with Crippen LogP contribution in [0.2, 0.25) is 0 Å². The fraction of sp³-hybridized carbons (Fsp3) is 0.769. The van der Waals surface area contributed by atoms with Crippen molar-refractivity contribution < 1.29 is 19.5 Å². The number of imide groups is 1. The lowest BCUT2D eigenvalue weighted by atomic mass is 10.0. The summed E-state index contributed by atoms with van der Waals surface area (Å²) in [7, 11) is 0. The van der Waals surface area contributed by atoms with E-state index in [9.17, 15) is 14.4 Å². The number of carboxylic acids is 1. The highest BCUT2D eigenvalue weighted by atomic mass is 16.4. The van der Waals surface area contributed by atoms with Gasteiger partial charge >= 0.3 is 12.0 Å². The van der Waals surface area contributed by atoms with Gasteiger partial charge in [0, 0.05) is 25.9 Å². The van der Waals surface area contributed by atoms with Crippen LogP contribution < -0.4 is 10.6 Å². The summed E-state index contributed by atoms with van der Waals surface area (Å²) in [5, 5.41) is 13.4. The normalized spacial score (nSPS) is 12.0. The van der Waals surface area contributed by atoms with Gasteiger partial charge in [-0.2, -0.15) is 0 Å². The molecule has 0 spiro atoms. The van der Waals surface area contributed by atoms with Crippen LogP contribution in [0.3, 0.4) is 0 Å². The van der Waals surface area contributed by atoms with Gasteiger partial charge in [-0.05, 0) is 19.0 Å². The smallest absolute Gasteiger partial charge is 0.321 e. The molecule has 0 radical (unpaired) electrons. The van der Waals surface area contributed by atoms with E-state index in [-0.39, 0.29) is 18.8 Å². The summed E-state index contributed by atoms with van der Waals surface area (Å²) in [6.07, 6.45) is -0.0627. The van der Waals surface area contributed by atoms with Gasteiger partial charge in [0.2, 0.25) is 5.91 Å². The first-order chi connectivity index (χ1) is 9.38. The maximum atomic E-state index is 11.5. The number of hydrogen-bond acceptors (Lipinski definition) is 4. The molecule has 0 aliphatic carbocycles. The molecule has 0 saturated heterocycles. The maximum absolute atomic E-state index is 11.5.